The minimum absolute atomic E-state index is 0.0612. The van der Waals surface area contributed by atoms with Crippen LogP contribution in [0.15, 0.2) is 56.7 Å². The van der Waals surface area contributed by atoms with E-state index >= 15 is 0 Å². The lowest BCUT2D eigenvalue weighted by atomic mass is 10.2. The zero-order valence-corrected chi connectivity index (χ0v) is 13.2. The molecule has 1 amide bonds. The molecular weight excluding hydrogens is 364 g/mol. The molecule has 0 aliphatic rings. The quantitative estimate of drug-likeness (QED) is 0.482. The summed E-state index contributed by atoms with van der Waals surface area (Å²) in [6.07, 6.45) is 2.88. The third-order valence-electron chi connectivity index (χ3n) is 2.96. The van der Waals surface area contributed by atoms with Crippen LogP contribution in [-0.2, 0) is 0 Å². The van der Waals surface area contributed by atoms with E-state index < -0.39 is 5.91 Å². The number of hydrazone groups is 1. The van der Waals surface area contributed by atoms with E-state index in [2.05, 4.69) is 36.7 Å². The first-order chi connectivity index (χ1) is 11.1. The summed E-state index contributed by atoms with van der Waals surface area (Å²) in [4.78, 5) is 12.0. The lowest BCUT2D eigenvalue weighted by Gasteiger charge is -1.99. The van der Waals surface area contributed by atoms with E-state index in [1.807, 2.05) is 0 Å². The average molecular weight is 375 g/mol. The lowest BCUT2D eigenvalue weighted by Crippen LogP contribution is -2.18. The van der Waals surface area contributed by atoms with Gasteiger partial charge in [0.25, 0.3) is 5.91 Å². The van der Waals surface area contributed by atoms with Crippen LogP contribution in [0.1, 0.15) is 16.1 Å². The summed E-state index contributed by atoms with van der Waals surface area (Å²) >= 11 is 3.29. The molecule has 3 aromatic rings. The number of carbonyl (C=O) groups excluding carboxylic acids is 1. The molecule has 0 radical (unpaired) electrons. The highest BCUT2D eigenvalue weighted by atomic mass is 79.9. The van der Waals surface area contributed by atoms with Crippen molar-refractivity contribution in [1.82, 2.24) is 15.6 Å². The number of nitrogens with zero attached hydrogens (tertiary/aromatic N) is 2. The number of aromatic nitrogens is 2. The number of carbonyl (C=O) groups is 1. The van der Waals surface area contributed by atoms with Gasteiger partial charge < -0.3 is 9.52 Å². The number of aromatic amines is 1. The molecule has 0 unspecified atom stereocenters. The standard InChI is InChI=1S/C15H11BrN4O3/c16-10-3-4-13(21)9(6-10)8-17-20-15(22)12-7-11(18-19-12)14-2-1-5-23-14/h1-8,21H,(H,18,19)(H,20,22)/b17-8-. The highest BCUT2D eigenvalue weighted by molar-refractivity contribution is 9.10. The van der Waals surface area contributed by atoms with Gasteiger partial charge in [-0.2, -0.15) is 10.2 Å². The second-order valence-electron chi connectivity index (χ2n) is 4.55. The van der Waals surface area contributed by atoms with Crippen LogP contribution in [0.4, 0.5) is 0 Å². The first kappa shape index (κ1) is 15.0. The molecular formula is C15H11BrN4O3. The number of rotatable bonds is 4. The van der Waals surface area contributed by atoms with Crippen molar-refractivity contribution in [2.24, 2.45) is 5.10 Å². The Morgan fingerprint density at radius 1 is 1.39 bits per heavy atom. The van der Waals surface area contributed by atoms with E-state index in [9.17, 15) is 9.90 Å². The molecule has 8 heteroatoms. The van der Waals surface area contributed by atoms with Gasteiger partial charge in [-0.15, -0.1) is 0 Å². The van der Waals surface area contributed by atoms with Crippen molar-refractivity contribution in [2.75, 3.05) is 0 Å². The Morgan fingerprint density at radius 3 is 3.04 bits per heavy atom. The Kier molecular flexibility index (Phi) is 4.24. The van der Waals surface area contributed by atoms with E-state index in [0.717, 1.165) is 4.47 Å². The van der Waals surface area contributed by atoms with Gasteiger partial charge in [0.05, 0.1) is 12.5 Å². The van der Waals surface area contributed by atoms with E-state index in [1.165, 1.54) is 18.5 Å². The van der Waals surface area contributed by atoms with E-state index in [1.54, 1.807) is 30.3 Å². The van der Waals surface area contributed by atoms with Gasteiger partial charge in [-0.05, 0) is 30.3 Å². The van der Waals surface area contributed by atoms with Crippen LogP contribution in [0, 0.1) is 0 Å². The number of phenolic OH excluding ortho intramolecular Hbond substituents is 1. The molecule has 0 fully saturated rings. The van der Waals surface area contributed by atoms with Gasteiger partial charge in [-0.1, -0.05) is 15.9 Å². The Balaban J connectivity index is 1.68. The molecule has 116 valence electrons. The Morgan fingerprint density at radius 2 is 2.26 bits per heavy atom. The molecule has 23 heavy (non-hydrogen) atoms. The summed E-state index contributed by atoms with van der Waals surface area (Å²) < 4.78 is 6.00. The van der Waals surface area contributed by atoms with Crippen molar-refractivity contribution >= 4 is 28.1 Å². The van der Waals surface area contributed by atoms with Gasteiger partial charge in [0.15, 0.2) is 11.5 Å². The molecule has 0 aliphatic carbocycles. The number of halogens is 1. The molecule has 3 N–H and O–H groups in total. The maximum Gasteiger partial charge on any atom is 0.291 e. The van der Waals surface area contributed by atoms with Crippen molar-refractivity contribution < 1.29 is 14.3 Å². The summed E-state index contributed by atoms with van der Waals surface area (Å²) in [5, 5.41) is 20.1. The average Bonchev–Trinajstić information content (AvgIpc) is 3.20. The van der Waals surface area contributed by atoms with Crippen LogP contribution in [0.25, 0.3) is 11.5 Å². The fourth-order valence-corrected chi connectivity index (χ4v) is 2.22. The Labute approximate surface area is 139 Å². The predicted molar refractivity (Wildman–Crippen MR) is 87.2 cm³/mol. The van der Waals surface area contributed by atoms with Crippen LogP contribution in [-0.4, -0.2) is 27.4 Å². The van der Waals surface area contributed by atoms with Gasteiger partial charge in [-0.25, -0.2) is 5.43 Å². The van der Waals surface area contributed by atoms with E-state index in [-0.39, 0.29) is 11.4 Å². The Hall–Kier alpha value is -2.87. The molecule has 2 heterocycles. The van der Waals surface area contributed by atoms with Crippen molar-refractivity contribution in [3.63, 3.8) is 0 Å². The molecule has 0 aliphatic heterocycles. The summed E-state index contributed by atoms with van der Waals surface area (Å²) in [6, 6.07) is 9.95. The van der Waals surface area contributed by atoms with Crippen molar-refractivity contribution in [3.8, 4) is 17.2 Å². The first-order valence-electron chi connectivity index (χ1n) is 6.54. The highest BCUT2D eigenvalue weighted by Crippen LogP contribution is 2.20. The summed E-state index contributed by atoms with van der Waals surface area (Å²) in [7, 11) is 0. The first-order valence-corrected chi connectivity index (χ1v) is 7.34. The van der Waals surface area contributed by atoms with Gasteiger partial charge >= 0.3 is 0 Å². The van der Waals surface area contributed by atoms with Gasteiger partial charge in [-0.3, -0.25) is 9.89 Å². The molecule has 0 saturated carbocycles. The number of hydrogen-bond acceptors (Lipinski definition) is 5. The second-order valence-corrected chi connectivity index (χ2v) is 5.46. The topological polar surface area (TPSA) is 104 Å². The number of benzene rings is 1. The molecule has 0 spiro atoms. The number of H-pyrrole nitrogens is 1. The minimum atomic E-state index is -0.482. The molecule has 2 aromatic heterocycles. The van der Waals surface area contributed by atoms with Gasteiger partial charge in [0, 0.05) is 16.1 Å². The summed E-state index contributed by atoms with van der Waals surface area (Å²) in [5.41, 5.74) is 3.58. The predicted octanol–water partition coefficient (Wildman–Crippen LogP) is 2.90. The third kappa shape index (κ3) is 3.49. The van der Waals surface area contributed by atoms with Crippen molar-refractivity contribution in [3.05, 3.63) is 58.4 Å². The monoisotopic (exact) mass is 374 g/mol. The van der Waals surface area contributed by atoms with Crippen molar-refractivity contribution in [2.45, 2.75) is 0 Å². The van der Waals surface area contributed by atoms with Crippen LogP contribution >= 0.6 is 15.9 Å². The minimum Gasteiger partial charge on any atom is -0.507 e. The smallest absolute Gasteiger partial charge is 0.291 e. The molecule has 1 aromatic carbocycles. The number of aromatic hydroxyl groups is 1. The van der Waals surface area contributed by atoms with Crippen LogP contribution in [0.2, 0.25) is 0 Å². The summed E-state index contributed by atoms with van der Waals surface area (Å²) in [6.45, 7) is 0. The molecule has 7 nitrogen and oxygen atoms in total. The molecule has 0 saturated heterocycles. The number of amides is 1. The number of furan rings is 1. The van der Waals surface area contributed by atoms with Gasteiger partial charge in [0.1, 0.15) is 11.4 Å². The zero-order valence-electron chi connectivity index (χ0n) is 11.7. The van der Waals surface area contributed by atoms with Crippen LogP contribution in [0.5, 0.6) is 5.75 Å². The molecule has 0 bridgehead atoms. The Bertz CT molecular complexity index is 855. The second kappa shape index (κ2) is 6.49. The van der Waals surface area contributed by atoms with E-state index in [0.29, 0.717) is 17.0 Å². The highest BCUT2D eigenvalue weighted by Gasteiger charge is 2.12. The number of hydrogen-bond donors (Lipinski definition) is 3. The van der Waals surface area contributed by atoms with Crippen molar-refractivity contribution in [1.29, 1.82) is 0 Å². The number of nitrogens with one attached hydrogen (secondary N) is 2. The van der Waals surface area contributed by atoms with Crippen LogP contribution in [0.3, 0.4) is 0 Å². The molecule has 0 atom stereocenters. The van der Waals surface area contributed by atoms with Gasteiger partial charge in [0.2, 0.25) is 0 Å². The fraction of sp³-hybridized carbons (Fsp3) is 0. The van der Waals surface area contributed by atoms with Crippen LogP contribution < -0.4 is 5.43 Å². The normalized spacial score (nSPS) is 11.0. The summed E-state index contributed by atoms with van der Waals surface area (Å²) in [5.74, 6) is 0.162. The largest absolute Gasteiger partial charge is 0.507 e. The molecule has 3 rings (SSSR count). The zero-order chi connectivity index (χ0) is 16.2. The maximum atomic E-state index is 12.0. The number of phenols is 1. The third-order valence-corrected chi connectivity index (χ3v) is 3.45. The maximum absolute atomic E-state index is 12.0. The lowest BCUT2D eigenvalue weighted by molar-refractivity contribution is 0.0950. The fourth-order valence-electron chi connectivity index (χ4n) is 1.84. The van der Waals surface area contributed by atoms with E-state index in [4.69, 9.17) is 4.42 Å². The SMILES string of the molecule is O=C(N/N=C\c1cc(Br)ccc1O)c1cc(-c2ccco2)[nH]n1.